The zero-order valence-corrected chi connectivity index (χ0v) is 18.2. The van der Waals surface area contributed by atoms with E-state index in [0.717, 1.165) is 28.9 Å². The Hall–Kier alpha value is -2.70. The quantitative estimate of drug-likeness (QED) is 0.283. The summed E-state index contributed by atoms with van der Waals surface area (Å²) in [5, 5.41) is 25.2. The minimum absolute atomic E-state index is 0.0915. The first-order valence-electron chi connectivity index (χ1n) is 10.2. The normalized spacial score (nSPS) is 11.9. The molecule has 0 aliphatic carbocycles. The van der Waals surface area contributed by atoms with Crippen LogP contribution in [0.5, 0.6) is 0 Å². The summed E-state index contributed by atoms with van der Waals surface area (Å²) in [5.74, 6) is -0.0915. The van der Waals surface area contributed by atoms with Crippen molar-refractivity contribution in [1.29, 1.82) is 0 Å². The van der Waals surface area contributed by atoms with E-state index in [9.17, 15) is 9.90 Å². The number of aliphatic hydroxyl groups excluding tert-OH is 2. The Kier molecular flexibility index (Phi) is 8.20. The number of carbonyl (C=O) groups is 1. The molecule has 0 saturated heterocycles. The van der Waals surface area contributed by atoms with Gasteiger partial charge in [0.15, 0.2) is 5.78 Å². The van der Waals surface area contributed by atoms with Crippen molar-refractivity contribution in [1.82, 2.24) is 5.32 Å². The third-order valence-corrected chi connectivity index (χ3v) is 5.37. The second kappa shape index (κ2) is 11.1. The standard InChI is InChI=1S/C25H27ClN2O3/c1-17-6-2-4-8-21(17)25(31)22-11-10-19(14-23(22)26)28-24-9-5-3-7-18(24)12-13-27-15-20(30)16-29/h2-11,14,20,27-30H,12-13,15-16H2,1H3. The monoisotopic (exact) mass is 438 g/mol. The van der Waals surface area contributed by atoms with Gasteiger partial charge in [0, 0.05) is 29.0 Å². The van der Waals surface area contributed by atoms with Gasteiger partial charge >= 0.3 is 0 Å². The van der Waals surface area contributed by atoms with Crippen molar-refractivity contribution in [2.45, 2.75) is 19.4 Å². The Labute approximate surface area is 187 Å². The highest BCUT2D eigenvalue weighted by atomic mass is 35.5. The summed E-state index contributed by atoms with van der Waals surface area (Å²) >= 11 is 6.46. The Bertz CT molecular complexity index is 1040. The molecule has 0 amide bonds. The van der Waals surface area contributed by atoms with Crippen molar-refractivity contribution in [3.05, 3.63) is 94.0 Å². The Morgan fingerprint density at radius 2 is 1.77 bits per heavy atom. The molecule has 1 atom stereocenters. The van der Waals surface area contributed by atoms with Gasteiger partial charge in [0.05, 0.1) is 17.7 Å². The van der Waals surface area contributed by atoms with Crippen molar-refractivity contribution in [3.63, 3.8) is 0 Å². The summed E-state index contributed by atoms with van der Waals surface area (Å²) in [6, 6.07) is 20.8. The summed E-state index contributed by atoms with van der Waals surface area (Å²) < 4.78 is 0. The highest BCUT2D eigenvalue weighted by Crippen LogP contribution is 2.27. The molecule has 0 aliphatic heterocycles. The number of anilines is 2. The van der Waals surface area contributed by atoms with Crippen molar-refractivity contribution in [2.24, 2.45) is 0 Å². The largest absolute Gasteiger partial charge is 0.394 e. The van der Waals surface area contributed by atoms with Crippen LogP contribution < -0.4 is 10.6 Å². The average molecular weight is 439 g/mol. The number of nitrogens with one attached hydrogen (secondary N) is 2. The maximum Gasteiger partial charge on any atom is 0.194 e. The summed E-state index contributed by atoms with van der Waals surface area (Å²) in [7, 11) is 0. The first-order chi connectivity index (χ1) is 15.0. The van der Waals surface area contributed by atoms with E-state index in [1.165, 1.54) is 0 Å². The number of hydrogen-bond donors (Lipinski definition) is 4. The van der Waals surface area contributed by atoms with Crippen LogP contribution in [-0.2, 0) is 6.42 Å². The van der Waals surface area contributed by atoms with E-state index in [2.05, 4.69) is 10.6 Å². The number of aryl methyl sites for hydroxylation is 1. The molecule has 0 radical (unpaired) electrons. The lowest BCUT2D eigenvalue weighted by Gasteiger charge is -2.14. The topological polar surface area (TPSA) is 81.6 Å². The van der Waals surface area contributed by atoms with Gasteiger partial charge in [-0.3, -0.25) is 4.79 Å². The van der Waals surface area contributed by atoms with E-state index in [1.54, 1.807) is 12.1 Å². The highest BCUT2D eigenvalue weighted by Gasteiger charge is 2.15. The van der Waals surface area contributed by atoms with Crippen LogP contribution in [0.1, 0.15) is 27.0 Å². The highest BCUT2D eigenvalue weighted by molar-refractivity contribution is 6.35. The van der Waals surface area contributed by atoms with Crippen LogP contribution in [0, 0.1) is 6.92 Å². The number of ketones is 1. The number of hydrogen-bond acceptors (Lipinski definition) is 5. The minimum atomic E-state index is -0.753. The average Bonchev–Trinajstić information content (AvgIpc) is 2.77. The van der Waals surface area contributed by atoms with Gasteiger partial charge in [-0.25, -0.2) is 0 Å². The van der Waals surface area contributed by atoms with Crippen molar-refractivity contribution in [3.8, 4) is 0 Å². The first kappa shape index (κ1) is 23.0. The summed E-state index contributed by atoms with van der Waals surface area (Å²) in [6.45, 7) is 2.67. The predicted octanol–water partition coefficient (Wildman–Crippen LogP) is 4.11. The minimum Gasteiger partial charge on any atom is -0.394 e. The molecular weight excluding hydrogens is 412 g/mol. The number of benzene rings is 3. The lowest BCUT2D eigenvalue weighted by Crippen LogP contribution is -2.30. The maximum absolute atomic E-state index is 12.9. The molecular formula is C25H27ClN2O3. The molecule has 162 valence electrons. The molecule has 5 nitrogen and oxygen atoms in total. The number of carbonyl (C=O) groups excluding carboxylic acids is 1. The molecule has 3 aromatic carbocycles. The van der Waals surface area contributed by atoms with E-state index in [1.807, 2.05) is 61.5 Å². The molecule has 0 aromatic heterocycles. The maximum atomic E-state index is 12.9. The Morgan fingerprint density at radius 3 is 2.52 bits per heavy atom. The molecule has 6 heteroatoms. The molecule has 1 unspecified atom stereocenters. The fourth-order valence-electron chi connectivity index (χ4n) is 3.32. The SMILES string of the molecule is Cc1ccccc1C(=O)c1ccc(Nc2ccccc2CCNCC(O)CO)cc1Cl. The molecule has 0 fully saturated rings. The van der Waals surface area contributed by atoms with E-state index >= 15 is 0 Å². The van der Waals surface area contributed by atoms with E-state index in [-0.39, 0.29) is 12.4 Å². The molecule has 0 spiro atoms. The molecule has 3 aromatic rings. The van der Waals surface area contributed by atoms with E-state index in [0.29, 0.717) is 29.2 Å². The fourth-order valence-corrected chi connectivity index (χ4v) is 3.59. The smallest absolute Gasteiger partial charge is 0.194 e. The third-order valence-electron chi connectivity index (χ3n) is 5.06. The zero-order chi connectivity index (χ0) is 22.2. The van der Waals surface area contributed by atoms with Gasteiger partial charge in [-0.1, -0.05) is 54.1 Å². The van der Waals surface area contributed by atoms with E-state index < -0.39 is 6.10 Å². The van der Waals surface area contributed by atoms with Crippen LogP contribution >= 0.6 is 11.6 Å². The van der Waals surface area contributed by atoms with Gasteiger partial charge in [0.25, 0.3) is 0 Å². The Balaban J connectivity index is 1.70. The number of aliphatic hydroxyl groups is 2. The summed E-state index contributed by atoms with van der Waals surface area (Å²) in [5.41, 5.74) is 4.88. The number of para-hydroxylation sites is 1. The van der Waals surface area contributed by atoms with Gasteiger partial charge in [-0.05, 0) is 55.3 Å². The molecule has 0 saturated carbocycles. The van der Waals surface area contributed by atoms with Crippen LogP contribution in [0.2, 0.25) is 5.02 Å². The van der Waals surface area contributed by atoms with Gasteiger partial charge < -0.3 is 20.8 Å². The van der Waals surface area contributed by atoms with Crippen molar-refractivity contribution < 1.29 is 15.0 Å². The zero-order valence-electron chi connectivity index (χ0n) is 17.4. The van der Waals surface area contributed by atoms with Crippen molar-refractivity contribution >= 4 is 28.8 Å². The molecule has 4 N–H and O–H groups in total. The molecule has 3 rings (SSSR count). The summed E-state index contributed by atoms with van der Waals surface area (Å²) in [4.78, 5) is 12.9. The van der Waals surface area contributed by atoms with Gasteiger partial charge in [0.2, 0.25) is 0 Å². The van der Waals surface area contributed by atoms with Crippen LogP contribution in [0.25, 0.3) is 0 Å². The predicted molar refractivity (Wildman–Crippen MR) is 125 cm³/mol. The molecule has 0 aliphatic rings. The van der Waals surface area contributed by atoms with Gasteiger partial charge in [0.1, 0.15) is 0 Å². The van der Waals surface area contributed by atoms with Crippen molar-refractivity contribution in [2.75, 3.05) is 25.0 Å². The Morgan fingerprint density at radius 1 is 1.03 bits per heavy atom. The fraction of sp³-hybridized carbons (Fsp3) is 0.240. The van der Waals surface area contributed by atoms with Gasteiger partial charge in [-0.2, -0.15) is 0 Å². The number of halogens is 1. The lowest BCUT2D eigenvalue weighted by atomic mass is 9.99. The van der Waals surface area contributed by atoms with E-state index in [4.69, 9.17) is 16.7 Å². The molecule has 0 bridgehead atoms. The molecule has 31 heavy (non-hydrogen) atoms. The van der Waals surface area contributed by atoms with Crippen LogP contribution in [0.3, 0.4) is 0 Å². The van der Waals surface area contributed by atoms with Crippen LogP contribution in [0.4, 0.5) is 11.4 Å². The second-order valence-electron chi connectivity index (χ2n) is 7.41. The summed E-state index contributed by atoms with van der Waals surface area (Å²) in [6.07, 6.45) is -0.00441. The lowest BCUT2D eigenvalue weighted by molar-refractivity contribution is 0.0947. The molecule has 0 heterocycles. The number of rotatable bonds is 10. The van der Waals surface area contributed by atoms with Crippen LogP contribution in [0.15, 0.2) is 66.7 Å². The first-order valence-corrected chi connectivity index (χ1v) is 10.6. The third kappa shape index (κ3) is 6.15. The second-order valence-corrected chi connectivity index (χ2v) is 7.82. The van der Waals surface area contributed by atoms with Crippen LogP contribution in [-0.4, -0.2) is 41.8 Å². The van der Waals surface area contributed by atoms with Gasteiger partial charge in [-0.15, -0.1) is 0 Å².